The van der Waals surface area contributed by atoms with Gasteiger partial charge in [0.1, 0.15) is 0 Å². The molecule has 0 fully saturated rings. The van der Waals surface area contributed by atoms with E-state index in [0.29, 0.717) is 0 Å². The van der Waals surface area contributed by atoms with Crippen LogP contribution in [0.3, 0.4) is 0 Å². The third-order valence-corrected chi connectivity index (χ3v) is 11.4. The second-order valence-corrected chi connectivity index (χ2v) is 21.5. The summed E-state index contributed by atoms with van der Waals surface area (Å²) in [4.78, 5) is 9.01. The molecule has 0 saturated carbocycles. The monoisotopic (exact) mass is 784 g/mol. The van der Waals surface area contributed by atoms with Crippen LogP contribution in [0.2, 0.25) is 17.3 Å². The number of para-hydroxylation sites is 2. The molecule has 3 nitrogen and oxygen atoms in total. The van der Waals surface area contributed by atoms with Gasteiger partial charge in [0.05, 0.1) is 0 Å². The molecule has 0 N–H and O–H groups in total. The number of nitrogens with zero attached hydrogens (tertiary/aromatic N) is 3. The summed E-state index contributed by atoms with van der Waals surface area (Å²) in [6, 6.07) is 47.9. The van der Waals surface area contributed by atoms with Gasteiger partial charge in [0.2, 0.25) is 0 Å². The molecule has 42 heavy (non-hydrogen) atoms. The molecule has 0 amide bonds. The van der Waals surface area contributed by atoms with Crippen molar-refractivity contribution >= 4 is 39.5 Å². The van der Waals surface area contributed by atoms with E-state index in [4.69, 9.17) is 4.98 Å². The van der Waals surface area contributed by atoms with E-state index in [2.05, 4.69) is 106 Å². The molecule has 4 aromatic carbocycles. The van der Waals surface area contributed by atoms with Gasteiger partial charge in [0, 0.05) is 26.3 Å². The summed E-state index contributed by atoms with van der Waals surface area (Å²) in [5.74, 6) is 7.39. The fourth-order valence-corrected chi connectivity index (χ4v) is 8.54. The van der Waals surface area contributed by atoms with Gasteiger partial charge in [-0.25, -0.2) is 0 Å². The zero-order valence-electron chi connectivity index (χ0n) is 23.9. The predicted molar refractivity (Wildman–Crippen MR) is 174 cm³/mol. The van der Waals surface area contributed by atoms with E-state index in [1.165, 1.54) is 31.9 Å². The molecule has 0 saturated heterocycles. The number of rotatable bonds is 4. The zero-order chi connectivity index (χ0) is 28.2. The summed E-state index contributed by atoms with van der Waals surface area (Å²) in [7, 11) is 0. The Morgan fingerprint density at radius 3 is 1.95 bits per heavy atom. The number of hydrogen-bond acceptors (Lipinski definition) is 2. The van der Waals surface area contributed by atoms with Crippen LogP contribution in [0.4, 0.5) is 0 Å². The van der Waals surface area contributed by atoms with Crippen molar-refractivity contribution in [1.29, 1.82) is 0 Å². The molecule has 0 unspecified atom stereocenters. The molecule has 0 aliphatic rings. The molecule has 209 valence electrons. The zero-order valence-corrected chi connectivity index (χ0v) is 28.4. The fourth-order valence-electron chi connectivity index (χ4n) is 5.28. The van der Waals surface area contributed by atoms with Gasteiger partial charge in [-0.05, 0) is 11.8 Å². The van der Waals surface area contributed by atoms with Crippen LogP contribution in [-0.2, 0) is 20.1 Å². The summed E-state index contributed by atoms with van der Waals surface area (Å²) in [5.41, 5.74) is 7.78. The van der Waals surface area contributed by atoms with Crippen LogP contribution in [0.5, 0.6) is 0 Å². The number of pyridine rings is 2. The van der Waals surface area contributed by atoms with Gasteiger partial charge in [-0.1, -0.05) is 12.1 Å². The maximum Gasteiger partial charge on any atom is 0.0160 e. The predicted octanol–water partition coefficient (Wildman–Crippen LogP) is 8.74. The molecule has 0 aliphatic heterocycles. The molecule has 3 heterocycles. The average Bonchev–Trinajstić information content (AvgIpc) is 3.37. The van der Waals surface area contributed by atoms with Crippen molar-refractivity contribution < 1.29 is 20.1 Å². The van der Waals surface area contributed by atoms with Gasteiger partial charge >= 0.3 is 174 Å². The first-order valence-electron chi connectivity index (χ1n) is 13.9. The summed E-state index contributed by atoms with van der Waals surface area (Å²) < 4.78 is 3.95. The molecular weight excluding hydrogens is 751 g/mol. The van der Waals surface area contributed by atoms with E-state index < -0.39 is 13.3 Å². The van der Waals surface area contributed by atoms with Crippen LogP contribution in [0.1, 0.15) is 0 Å². The molecule has 1 radical (unpaired) electrons. The first-order valence-corrected chi connectivity index (χ1v) is 21.2. The summed E-state index contributed by atoms with van der Waals surface area (Å²) in [6.45, 7) is 0. The van der Waals surface area contributed by atoms with Crippen LogP contribution >= 0.6 is 0 Å². The van der Waals surface area contributed by atoms with E-state index in [0.717, 1.165) is 22.5 Å². The molecule has 5 heteroatoms. The van der Waals surface area contributed by atoms with Crippen molar-refractivity contribution in [2.75, 3.05) is 0 Å². The normalized spacial score (nSPS) is 11.0. The number of hydrogen-bond donors (Lipinski definition) is 0. The van der Waals surface area contributed by atoms with Crippen LogP contribution < -0.4 is 4.40 Å². The van der Waals surface area contributed by atoms with Crippen molar-refractivity contribution in [2.24, 2.45) is 0 Å². The standard InChI is InChI=1S/C26H23GeN2.C11H8N.Ir/c1-27(2,3)22-16-10-15-21-24-23(29(26(21)22)20-13-8-5-9-14-20)17-18-28-25(24)19-11-6-4-7-12-19;1-2-6-10(7-3-1)11-8-4-5-9-12-11;/h4-11,13-18H,1-3H3;1-6,8-9H;/q2*-1;. The SMILES string of the molecule is [CH3][Ge]([CH3])([CH3])[c]1cccc2c3c(-c4[c-]cccc4)nccc3n(-c3ccccc3)c12.[Ir].[c-]1ccccc1-c1ccccn1. The van der Waals surface area contributed by atoms with Gasteiger partial charge < -0.3 is 4.98 Å². The van der Waals surface area contributed by atoms with Crippen LogP contribution in [0.25, 0.3) is 50.0 Å². The van der Waals surface area contributed by atoms with Crippen LogP contribution in [0.15, 0.2) is 134 Å². The molecule has 0 bridgehead atoms. The maximum absolute atomic E-state index is 4.80. The molecular formula is C37H31GeIrN3-2. The van der Waals surface area contributed by atoms with E-state index >= 15 is 0 Å². The Morgan fingerprint density at radius 2 is 1.31 bits per heavy atom. The molecule has 0 aliphatic carbocycles. The maximum atomic E-state index is 4.80. The fraction of sp³-hybridized carbons (Fsp3) is 0.0811. The molecule has 7 rings (SSSR count). The van der Waals surface area contributed by atoms with Crippen molar-refractivity contribution in [1.82, 2.24) is 14.5 Å². The average molecular weight is 783 g/mol. The Balaban J connectivity index is 0.000000228. The minimum atomic E-state index is -2.13. The van der Waals surface area contributed by atoms with Gasteiger partial charge in [0.25, 0.3) is 0 Å². The number of fused-ring (bicyclic) bond motifs is 3. The first kappa shape index (κ1) is 29.7. The second kappa shape index (κ2) is 13.0. The van der Waals surface area contributed by atoms with Gasteiger partial charge in [-0.3, -0.25) is 0 Å². The topological polar surface area (TPSA) is 30.7 Å². The molecule has 7 aromatic rings. The van der Waals surface area contributed by atoms with Crippen molar-refractivity contribution in [3.05, 3.63) is 146 Å². The summed E-state index contributed by atoms with van der Waals surface area (Å²) >= 11 is -2.13. The molecule has 0 spiro atoms. The first-order chi connectivity index (χ1) is 20.0. The van der Waals surface area contributed by atoms with E-state index in [9.17, 15) is 0 Å². The molecule has 3 aromatic heterocycles. The third-order valence-electron chi connectivity index (χ3n) is 7.14. The number of benzene rings is 4. The van der Waals surface area contributed by atoms with Gasteiger partial charge in [0.15, 0.2) is 0 Å². The Bertz CT molecular complexity index is 1860. The second-order valence-electron chi connectivity index (χ2n) is 10.9. The van der Waals surface area contributed by atoms with Gasteiger partial charge in [-0.2, -0.15) is 0 Å². The minimum absolute atomic E-state index is 0. The van der Waals surface area contributed by atoms with Crippen molar-refractivity contribution in [3.8, 4) is 28.2 Å². The summed E-state index contributed by atoms with van der Waals surface area (Å²) in [5, 5.41) is 2.49. The number of aromatic nitrogens is 3. The van der Waals surface area contributed by atoms with Crippen molar-refractivity contribution in [2.45, 2.75) is 17.3 Å². The Morgan fingerprint density at radius 1 is 0.619 bits per heavy atom. The smallest absolute Gasteiger partial charge is 0.0160 e. The van der Waals surface area contributed by atoms with E-state index in [1.807, 2.05) is 60.8 Å². The largest absolute Gasteiger partial charge is 0.305 e. The Kier molecular flexibility index (Phi) is 9.18. The van der Waals surface area contributed by atoms with E-state index in [1.54, 1.807) is 6.20 Å². The minimum Gasteiger partial charge on any atom is -0.305 e. The molecule has 0 atom stereocenters. The quantitative estimate of drug-likeness (QED) is 0.132. The third kappa shape index (κ3) is 6.03. The summed E-state index contributed by atoms with van der Waals surface area (Å²) in [6.07, 6.45) is 3.71. The van der Waals surface area contributed by atoms with Crippen LogP contribution in [-0.4, -0.2) is 27.8 Å². The van der Waals surface area contributed by atoms with E-state index in [-0.39, 0.29) is 20.1 Å². The van der Waals surface area contributed by atoms with Crippen molar-refractivity contribution in [3.63, 3.8) is 0 Å². The van der Waals surface area contributed by atoms with Gasteiger partial charge in [-0.15, -0.1) is 35.9 Å². The Hall–Kier alpha value is -3.83. The van der Waals surface area contributed by atoms with Crippen LogP contribution in [0, 0.1) is 12.1 Å². The Labute approximate surface area is 264 Å².